The van der Waals surface area contributed by atoms with E-state index < -0.39 is 58.9 Å². The highest BCUT2D eigenvalue weighted by Crippen LogP contribution is 2.41. The van der Waals surface area contributed by atoms with Gasteiger partial charge in [0.15, 0.2) is 5.82 Å². The zero-order chi connectivity index (χ0) is 31.1. The Morgan fingerprint density at radius 2 is 1.67 bits per heavy atom. The van der Waals surface area contributed by atoms with Gasteiger partial charge in [0.25, 0.3) is 12.0 Å². The van der Waals surface area contributed by atoms with E-state index >= 15 is 0 Å². The average Bonchev–Trinajstić information content (AvgIpc) is 2.96. The number of alkyl halides is 8. The van der Waals surface area contributed by atoms with Crippen LogP contribution in [0.15, 0.2) is 41.5 Å². The van der Waals surface area contributed by atoms with Crippen molar-refractivity contribution >= 4 is 23.4 Å². The lowest BCUT2D eigenvalue weighted by atomic mass is 10.1. The van der Waals surface area contributed by atoms with E-state index in [2.05, 4.69) is 15.1 Å². The van der Waals surface area contributed by atoms with Crippen molar-refractivity contribution in [2.45, 2.75) is 31.3 Å². The molecule has 0 bridgehead atoms. The van der Waals surface area contributed by atoms with Crippen LogP contribution in [0.4, 0.5) is 52.6 Å². The van der Waals surface area contributed by atoms with Gasteiger partial charge in [0, 0.05) is 50.2 Å². The number of aromatic nitrogens is 4. The summed E-state index contributed by atoms with van der Waals surface area (Å²) < 4.78 is 111. The maximum Gasteiger partial charge on any atom is 0.421 e. The fraction of sp³-hybridized carbons (Fsp3) is 0.400. The predicted octanol–water partition coefficient (Wildman–Crippen LogP) is 4.17. The number of H-pyrrole nitrogens is 1. The minimum Gasteiger partial charge on any atom is -0.486 e. The maximum absolute atomic E-state index is 13.4. The number of aromatic amines is 1. The highest BCUT2D eigenvalue weighted by atomic mass is 19.4. The van der Waals surface area contributed by atoms with Crippen molar-refractivity contribution in [2.24, 2.45) is 0 Å². The number of nitrogens with one attached hydrogen (secondary N) is 1. The smallest absolute Gasteiger partial charge is 0.421 e. The van der Waals surface area contributed by atoms with Gasteiger partial charge in [0.05, 0.1) is 24.2 Å². The van der Waals surface area contributed by atoms with E-state index in [-0.39, 0.29) is 56.5 Å². The van der Waals surface area contributed by atoms with E-state index in [0.717, 1.165) is 17.0 Å². The molecule has 230 valence electrons. The van der Waals surface area contributed by atoms with E-state index in [1.807, 2.05) is 0 Å². The Kier molecular flexibility index (Phi) is 7.87. The third-order valence-electron chi connectivity index (χ3n) is 6.86. The number of anilines is 3. The molecule has 5 rings (SSSR count). The molecule has 0 radical (unpaired) electrons. The molecule has 1 amide bonds. The number of hydrogen-bond acceptors (Lipinski definition) is 8. The molecule has 43 heavy (non-hydrogen) atoms. The summed E-state index contributed by atoms with van der Waals surface area (Å²) in [7, 11) is 0. The molecule has 1 aromatic carbocycles. The lowest BCUT2D eigenvalue weighted by molar-refractivity contribution is -0.139. The quantitative estimate of drug-likeness (QED) is 0.425. The molecule has 1 atom stereocenters. The van der Waals surface area contributed by atoms with Gasteiger partial charge in [0.2, 0.25) is 11.9 Å². The summed E-state index contributed by atoms with van der Waals surface area (Å²) in [4.78, 5) is 36.6. The van der Waals surface area contributed by atoms with Crippen LogP contribution >= 0.6 is 0 Å². The van der Waals surface area contributed by atoms with Crippen LogP contribution in [0.1, 0.15) is 29.5 Å². The van der Waals surface area contributed by atoms with Crippen molar-refractivity contribution in [3.05, 3.63) is 63.7 Å². The zero-order valence-electron chi connectivity index (χ0n) is 21.8. The monoisotopic (exact) mass is 619 g/mol. The first-order valence-corrected chi connectivity index (χ1v) is 12.7. The predicted molar refractivity (Wildman–Crippen MR) is 133 cm³/mol. The third kappa shape index (κ3) is 6.46. The molecule has 1 unspecified atom stereocenters. The number of carbonyl (C=O) groups is 1. The summed E-state index contributed by atoms with van der Waals surface area (Å²) in [6.45, 7) is 0.515. The summed E-state index contributed by atoms with van der Waals surface area (Å²) in [5.41, 5.74) is -4.49. The molecule has 0 saturated carbocycles. The molecule has 18 heteroatoms. The van der Waals surface area contributed by atoms with Crippen molar-refractivity contribution in [3.8, 4) is 5.75 Å². The van der Waals surface area contributed by atoms with Crippen LogP contribution in [0.3, 0.4) is 0 Å². The Morgan fingerprint density at radius 1 is 1.00 bits per heavy atom. The molecule has 0 aliphatic carbocycles. The zero-order valence-corrected chi connectivity index (χ0v) is 21.8. The Balaban J connectivity index is 1.31. The van der Waals surface area contributed by atoms with Crippen molar-refractivity contribution < 1.29 is 44.7 Å². The van der Waals surface area contributed by atoms with Crippen LogP contribution in [0, 0.1) is 0 Å². The van der Waals surface area contributed by atoms with Gasteiger partial charge in [-0.05, 0) is 18.2 Å². The number of nitrogens with zero attached hydrogens (tertiary/aromatic N) is 6. The van der Waals surface area contributed by atoms with E-state index in [1.54, 1.807) is 10.00 Å². The van der Waals surface area contributed by atoms with Gasteiger partial charge in [-0.2, -0.15) is 31.4 Å². The van der Waals surface area contributed by atoms with E-state index in [9.17, 15) is 44.7 Å². The minimum atomic E-state index is -5.02. The first kappa shape index (κ1) is 30.0. The van der Waals surface area contributed by atoms with E-state index in [4.69, 9.17) is 4.74 Å². The Morgan fingerprint density at radius 3 is 2.28 bits per heavy atom. The second kappa shape index (κ2) is 11.3. The molecule has 2 aliphatic heterocycles. The lowest BCUT2D eigenvalue weighted by Gasteiger charge is -2.38. The maximum atomic E-state index is 13.4. The topological polar surface area (TPSA) is 108 Å². The van der Waals surface area contributed by atoms with Gasteiger partial charge in [0.1, 0.15) is 17.4 Å². The molecule has 1 N–H and O–H groups in total. The van der Waals surface area contributed by atoms with Crippen molar-refractivity contribution in [2.75, 3.05) is 42.5 Å². The molecule has 10 nitrogen and oxygen atoms in total. The Labute approximate surface area is 236 Å². The first-order chi connectivity index (χ1) is 20.2. The Hall–Kier alpha value is -4.51. The summed E-state index contributed by atoms with van der Waals surface area (Å²) in [5, 5.41) is 5.45. The number of ether oxygens (including phenoxy) is 1. The molecule has 1 saturated heterocycles. The number of rotatable bonds is 5. The third-order valence-corrected chi connectivity index (χ3v) is 6.86. The molecular weight excluding hydrogens is 598 g/mol. The average molecular weight is 619 g/mol. The number of amides is 1. The van der Waals surface area contributed by atoms with Gasteiger partial charge in [-0.15, -0.1) is 0 Å². The second-order valence-corrected chi connectivity index (χ2v) is 9.69. The minimum absolute atomic E-state index is 0.0132. The van der Waals surface area contributed by atoms with Gasteiger partial charge < -0.3 is 19.4 Å². The molecule has 2 aliphatic rings. The number of hydrogen-bond donors (Lipinski definition) is 1. The van der Waals surface area contributed by atoms with Crippen LogP contribution in [0.2, 0.25) is 0 Å². The molecule has 2 aromatic heterocycles. The van der Waals surface area contributed by atoms with Crippen LogP contribution < -0.4 is 20.1 Å². The highest BCUT2D eigenvalue weighted by Gasteiger charge is 2.37. The van der Waals surface area contributed by atoms with Gasteiger partial charge in [-0.3, -0.25) is 9.59 Å². The van der Waals surface area contributed by atoms with Crippen molar-refractivity contribution in [1.29, 1.82) is 0 Å². The van der Waals surface area contributed by atoms with E-state index in [0.29, 0.717) is 18.5 Å². The molecule has 4 heterocycles. The summed E-state index contributed by atoms with van der Waals surface area (Å²) >= 11 is 0. The van der Waals surface area contributed by atoms with Crippen LogP contribution in [0.5, 0.6) is 5.75 Å². The van der Waals surface area contributed by atoms with Gasteiger partial charge in [-0.1, -0.05) is 0 Å². The number of carbonyl (C=O) groups excluding carboxylic acids is 1. The molecule has 0 spiro atoms. The second-order valence-electron chi connectivity index (χ2n) is 9.69. The van der Waals surface area contributed by atoms with Crippen LogP contribution in [-0.2, 0) is 17.1 Å². The number of benzene rings is 1. The molecule has 3 aromatic rings. The standard InChI is InChI=1S/C25H21F8N7O3/c26-21(27)13-1-2-18-17(7-13)40(19-9-16(25(31,32)33)22(42)37-36-19)12-15(43-18)8-20(41)38-3-5-39(6-4-38)23-34-10-14(11-35-23)24(28,29)30/h1-2,7,9-11,15,21H,3-6,8,12H2,(H,37,42). The van der Waals surface area contributed by atoms with Crippen molar-refractivity contribution in [1.82, 2.24) is 25.1 Å². The SMILES string of the molecule is O=C(CC1CN(c2cc(C(F)(F)F)c(=O)[nH]n2)c2cc(C(F)F)ccc2O1)N1CCN(c2ncc(C(F)(F)F)cn2)CC1. The first-order valence-electron chi connectivity index (χ1n) is 12.7. The number of piperazine rings is 1. The fourth-order valence-corrected chi connectivity index (χ4v) is 4.68. The van der Waals surface area contributed by atoms with Gasteiger partial charge in [-0.25, -0.2) is 23.8 Å². The number of halogens is 8. The Bertz CT molecular complexity index is 1540. The van der Waals surface area contributed by atoms with Gasteiger partial charge >= 0.3 is 12.4 Å². The largest absolute Gasteiger partial charge is 0.486 e. The number of fused-ring (bicyclic) bond motifs is 1. The molecular formula is C25H21F8N7O3. The van der Waals surface area contributed by atoms with Crippen LogP contribution in [-0.4, -0.2) is 69.8 Å². The summed E-state index contributed by atoms with van der Waals surface area (Å²) in [5.74, 6) is -0.710. The summed E-state index contributed by atoms with van der Waals surface area (Å²) in [6, 6.07) is 3.81. The van der Waals surface area contributed by atoms with Crippen molar-refractivity contribution in [3.63, 3.8) is 0 Å². The lowest BCUT2D eigenvalue weighted by Crippen LogP contribution is -2.51. The summed E-state index contributed by atoms with van der Waals surface area (Å²) in [6.07, 6.45) is -12.4. The molecule has 1 fully saturated rings. The fourth-order valence-electron chi connectivity index (χ4n) is 4.68. The normalized spacial score (nSPS) is 17.6. The van der Waals surface area contributed by atoms with E-state index in [1.165, 1.54) is 11.0 Å². The van der Waals surface area contributed by atoms with Crippen LogP contribution in [0.25, 0.3) is 0 Å². The highest BCUT2D eigenvalue weighted by molar-refractivity contribution is 5.78.